The molecule has 1 saturated heterocycles. The van der Waals surface area contributed by atoms with Gasteiger partial charge in [0, 0.05) is 42.7 Å². The van der Waals surface area contributed by atoms with E-state index in [1.807, 2.05) is 12.1 Å². The number of carbonyl (C=O) groups excluding carboxylic acids is 2. The summed E-state index contributed by atoms with van der Waals surface area (Å²) in [4.78, 5) is 28.3. The van der Waals surface area contributed by atoms with E-state index in [-0.39, 0.29) is 11.4 Å². The van der Waals surface area contributed by atoms with Crippen LogP contribution in [0, 0.1) is 11.6 Å². The van der Waals surface area contributed by atoms with Gasteiger partial charge in [0.1, 0.15) is 5.70 Å². The first kappa shape index (κ1) is 18.9. The largest absolute Gasteiger partial charge is 0.503 e. The summed E-state index contributed by atoms with van der Waals surface area (Å²) in [6.07, 6.45) is 4.58. The van der Waals surface area contributed by atoms with Gasteiger partial charge in [0.2, 0.25) is 0 Å². The molecule has 0 unspecified atom stereocenters. The van der Waals surface area contributed by atoms with Crippen molar-refractivity contribution in [2.24, 2.45) is 0 Å². The molecule has 6 nitrogen and oxygen atoms in total. The van der Waals surface area contributed by atoms with Crippen molar-refractivity contribution < 1.29 is 23.5 Å². The molecule has 2 aromatic carbocycles. The Hall–Kier alpha value is -3.42. The number of rotatable bonds is 4. The van der Waals surface area contributed by atoms with E-state index < -0.39 is 29.2 Å². The van der Waals surface area contributed by atoms with Crippen molar-refractivity contribution in [3.05, 3.63) is 59.8 Å². The number of benzene rings is 2. The van der Waals surface area contributed by atoms with Crippen LogP contribution in [0.3, 0.4) is 0 Å². The maximum atomic E-state index is 13.5. The van der Waals surface area contributed by atoms with E-state index >= 15 is 0 Å². The second-order valence-electron chi connectivity index (χ2n) is 7.01. The smallest absolute Gasteiger partial charge is 0.281 e. The van der Waals surface area contributed by atoms with Crippen LogP contribution in [0.5, 0.6) is 5.75 Å². The molecular formula is C21H19F2N3O3. The highest BCUT2D eigenvalue weighted by Gasteiger charge is 2.33. The van der Waals surface area contributed by atoms with E-state index in [9.17, 15) is 18.4 Å². The number of hydrogen-bond acceptors (Lipinski definition) is 5. The molecule has 0 radical (unpaired) electrons. The molecule has 0 aromatic heterocycles. The van der Waals surface area contributed by atoms with Gasteiger partial charge in [0.15, 0.2) is 17.4 Å². The standard InChI is InChI=1S/C21H19F2N3O3/c22-16-10-13(11-17(23)20(16)28)24-18-12-19(27)26(21(18)29)15-6-4-14(5-7-15)25-8-2-1-3-9-25/h4-7,10-12,24,28H,1-3,8-9H2. The zero-order valence-electron chi connectivity index (χ0n) is 15.5. The predicted octanol–water partition coefficient (Wildman–Crippen LogP) is 3.53. The molecule has 0 aliphatic carbocycles. The fourth-order valence-corrected chi connectivity index (χ4v) is 3.56. The molecule has 0 bridgehead atoms. The third kappa shape index (κ3) is 3.65. The van der Waals surface area contributed by atoms with Crippen LogP contribution in [0.25, 0.3) is 0 Å². The Morgan fingerprint density at radius 2 is 1.48 bits per heavy atom. The predicted molar refractivity (Wildman–Crippen MR) is 105 cm³/mol. The minimum absolute atomic E-state index is 0.0903. The lowest BCUT2D eigenvalue weighted by atomic mass is 10.1. The molecule has 0 spiro atoms. The second kappa shape index (κ2) is 7.54. The van der Waals surface area contributed by atoms with E-state index in [1.54, 1.807) is 12.1 Å². The molecule has 0 saturated carbocycles. The first-order valence-corrected chi connectivity index (χ1v) is 9.34. The van der Waals surface area contributed by atoms with Gasteiger partial charge in [0.25, 0.3) is 11.8 Å². The number of phenols is 1. The molecule has 2 heterocycles. The first-order chi connectivity index (χ1) is 13.9. The number of amides is 2. The second-order valence-corrected chi connectivity index (χ2v) is 7.01. The van der Waals surface area contributed by atoms with Crippen molar-refractivity contribution >= 4 is 28.9 Å². The molecule has 2 aliphatic rings. The Bertz CT molecular complexity index is 976. The van der Waals surface area contributed by atoms with E-state index in [0.29, 0.717) is 5.69 Å². The minimum Gasteiger partial charge on any atom is -0.503 e. The highest BCUT2D eigenvalue weighted by Crippen LogP contribution is 2.29. The third-order valence-corrected chi connectivity index (χ3v) is 5.05. The van der Waals surface area contributed by atoms with Crippen molar-refractivity contribution in [2.45, 2.75) is 19.3 Å². The summed E-state index contributed by atoms with van der Waals surface area (Å²) in [6.45, 7) is 1.96. The molecule has 2 N–H and O–H groups in total. The Kier molecular flexibility index (Phi) is 4.92. The van der Waals surface area contributed by atoms with E-state index in [4.69, 9.17) is 5.11 Å². The van der Waals surface area contributed by atoms with Crippen molar-refractivity contribution in [1.82, 2.24) is 0 Å². The normalized spacial score (nSPS) is 17.0. The minimum atomic E-state index is -1.17. The van der Waals surface area contributed by atoms with Gasteiger partial charge >= 0.3 is 0 Å². The summed E-state index contributed by atoms with van der Waals surface area (Å²) in [6, 6.07) is 8.84. The molecular weight excluding hydrogens is 380 g/mol. The zero-order valence-corrected chi connectivity index (χ0v) is 15.5. The number of anilines is 3. The highest BCUT2D eigenvalue weighted by molar-refractivity contribution is 6.31. The lowest BCUT2D eigenvalue weighted by Gasteiger charge is -2.29. The van der Waals surface area contributed by atoms with Crippen LogP contribution in [-0.4, -0.2) is 30.0 Å². The molecule has 1 fully saturated rings. The van der Waals surface area contributed by atoms with E-state index in [2.05, 4.69) is 10.2 Å². The SMILES string of the molecule is O=C1C=C(Nc2cc(F)c(O)c(F)c2)C(=O)N1c1ccc(N2CCCCC2)cc1. The van der Waals surface area contributed by atoms with Gasteiger partial charge in [-0.1, -0.05) is 0 Å². The number of nitrogens with one attached hydrogen (secondary N) is 1. The number of nitrogens with zero attached hydrogens (tertiary/aromatic N) is 2. The molecule has 2 aliphatic heterocycles. The van der Waals surface area contributed by atoms with E-state index in [1.165, 1.54) is 6.42 Å². The summed E-state index contributed by atoms with van der Waals surface area (Å²) >= 11 is 0. The number of hydrogen-bond donors (Lipinski definition) is 2. The van der Waals surface area contributed by atoms with Gasteiger partial charge in [-0.15, -0.1) is 0 Å². The number of halogens is 2. The Morgan fingerprint density at radius 1 is 0.897 bits per heavy atom. The van der Waals surface area contributed by atoms with Crippen molar-refractivity contribution in [1.29, 1.82) is 0 Å². The molecule has 2 aromatic rings. The summed E-state index contributed by atoms with van der Waals surface area (Å²) in [7, 11) is 0. The topological polar surface area (TPSA) is 72.9 Å². The van der Waals surface area contributed by atoms with Crippen molar-refractivity contribution in [3.8, 4) is 5.75 Å². The molecule has 2 amide bonds. The molecule has 4 rings (SSSR count). The zero-order chi connectivity index (χ0) is 20.5. The Balaban J connectivity index is 1.51. The monoisotopic (exact) mass is 399 g/mol. The summed E-state index contributed by atoms with van der Waals surface area (Å²) in [5, 5.41) is 11.7. The van der Waals surface area contributed by atoms with Gasteiger partial charge in [0.05, 0.1) is 5.69 Å². The number of phenolic OH excluding ortho intramolecular Hbond substituents is 1. The summed E-state index contributed by atoms with van der Waals surface area (Å²) in [5.41, 5.74) is 1.25. The van der Waals surface area contributed by atoms with Crippen LogP contribution < -0.4 is 15.1 Å². The quantitative estimate of drug-likeness (QED) is 0.608. The van der Waals surface area contributed by atoms with Gasteiger partial charge in [-0.05, 0) is 43.5 Å². The van der Waals surface area contributed by atoms with Crippen molar-refractivity contribution in [2.75, 3.05) is 28.2 Å². The summed E-state index contributed by atoms with van der Waals surface area (Å²) < 4.78 is 27.0. The fraction of sp³-hybridized carbons (Fsp3) is 0.238. The van der Waals surface area contributed by atoms with Crippen LogP contribution in [-0.2, 0) is 9.59 Å². The fourth-order valence-electron chi connectivity index (χ4n) is 3.56. The van der Waals surface area contributed by atoms with Gasteiger partial charge < -0.3 is 15.3 Å². The number of carbonyl (C=O) groups is 2. The molecule has 150 valence electrons. The lowest BCUT2D eigenvalue weighted by Crippen LogP contribution is -2.32. The van der Waals surface area contributed by atoms with Gasteiger partial charge in [-0.3, -0.25) is 9.59 Å². The van der Waals surface area contributed by atoms with Crippen LogP contribution in [0.4, 0.5) is 25.8 Å². The van der Waals surface area contributed by atoms with Crippen LogP contribution >= 0.6 is 0 Å². The number of piperidine rings is 1. The summed E-state index contributed by atoms with van der Waals surface area (Å²) in [5.74, 6) is -4.63. The van der Waals surface area contributed by atoms with Crippen molar-refractivity contribution in [3.63, 3.8) is 0 Å². The molecule has 29 heavy (non-hydrogen) atoms. The van der Waals surface area contributed by atoms with Crippen LogP contribution in [0.1, 0.15) is 19.3 Å². The number of aromatic hydroxyl groups is 1. The maximum absolute atomic E-state index is 13.5. The average molecular weight is 399 g/mol. The molecule has 0 atom stereocenters. The third-order valence-electron chi connectivity index (χ3n) is 5.05. The Morgan fingerprint density at radius 3 is 2.10 bits per heavy atom. The van der Waals surface area contributed by atoms with Crippen LogP contribution in [0.2, 0.25) is 0 Å². The first-order valence-electron chi connectivity index (χ1n) is 9.34. The average Bonchev–Trinajstić information content (AvgIpc) is 3.00. The van der Waals surface area contributed by atoms with E-state index in [0.717, 1.165) is 54.7 Å². The maximum Gasteiger partial charge on any atom is 0.281 e. The lowest BCUT2D eigenvalue weighted by molar-refractivity contribution is -0.120. The number of imide groups is 1. The molecule has 8 heteroatoms. The highest BCUT2D eigenvalue weighted by atomic mass is 19.1. The van der Waals surface area contributed by atoms with Crippen LogP contribution in [0.15, 0.2) is 48.2 Å². The van der Waals surface area contributed by atoms with Gasteiger partial charge in [-0.25, -0.2) is 13.7 Å². The van der Waals surface area contributed by atoms with Gasteiger partial charge in [-0.2, -0.15) is 0 Å². The Labute approximate surface area is 166 Å².